The normalized spacial score (nSPS) is 22.1. The van der Waals surface area contributed by atoms with Gasteiger partial charge in [0.25, 0.3) is 0 Å². The van der Waals surface area contributed by atoms with Gasteiger partial charge in [-0.3, -0.25) is 19.3 Å². The second kappa shape index (κ2) is 5.39. The van der Waals surface area contributed by atoms with E-state index in [0.29, 0.717) is 0 Å². The van der Waals surface area contributed by atoms with Crippen molar-refractivity contribution in [3.8, 4) is 0 Å². The van der Waals surface area contributed by atoms with Crippen molar-refractivity contribution in [1.29, 1.82) is 0 Å². The zero-order valence-electron chi connectivity index (χ0n) is 11.6. The fraction of sp³-hybridized carbons (Fsp3) is 0.385. The Labute approximate surface area is 123 Å². The van der Waals surface area contributed by atoms with Crippen LogP contribution in [0.2, 0.25) is 0 Å². The van der Waals surface area contributed by atoms with Crippen LogP contribution < -0.4 is 5.32 Å². The van der Waals surface area contributed by atoms with Crippen molar-refractivity contribution in [1.82, 2.24) is 9.88 Å². The Morgan fingerprint density at radius 1 is 1.27 bits per heavy atom. The Morgan fingerprint density at radius 3 is 2.41 bits per heavy atom. The monoisotopic (exact) mass is 315 g/mol. The predicted octanol–water partition coefficient (Wildman–Crippen LogP) is 1.29. The lowest BCUT2D eigenvalue weighted by molar-refractivity contribution is -0.141. The zero-order chi connectivity index (χ0) is 16.7. The summed E-state index contributed by atoms with van der Waals surface area (Å²) in [5, 5.41) is 2.15. The number of amides is 3. The van der Waals surface area contributed by atoms with Gasteiger partial charge in [-0.2, -0.15) is 13.2 Å². The van der Waals surface area contributed by atoms with Gasteiger partial charge >= 0.3 is 6.18 Å². The molecule has 2 rings (SSSR count). The van der Waals surface area contributed by atoms with Crippen molar-refractivity contribution < 1.29 is 27.6 Å². The van der Waals surface area contributed by atoms with Crippen molar-refractivity contribution in [2.24, 2.45) is 11.8 Å². The molecule has 9 heteroatoms. The molecule has 0 aliphatic carbocycles. The van der Waals surface area contributed by atoms with Gasteiger partial charge in [-0.05, 0) is 12.1 Å². The van der Waals surface area contributed by atoms with Crippen LogP contribution in [0.15, 0.2) is 18.2 Å². The van der Waals surface area contributed by atoms with Gasteiger partial charge in [0, 0.05) is 7.05 Å². The van der Waals surface area contributed by atoms with Crippen LogP contribution in [-0.2, 0) is 20.6 Å². The average molecular weight is 315 g/mol. The number of hydrogen-bond acceptors (Lipinski definition) is 4. The van der Waals surface area contributed by atoms with Crippen LogP contribution in [0.3, 0.4) is 0 Å². The molecule has 0 bridgehead atoms. The Balaban J connectivity index is 2.20. The molecule has 2 unspecified atom stereocenters. The van der Waals surface area contributed by atoms with Gasteiger partial charge in [0.1, 0.15) is 17.4 Å². The number of nitrogens with one attached hydrogen (secondary N) is 1. The van der Waals surface area contributed by atoms with E-state index in [-0.39, 0.29) is 5.82 Å². The van der Waals surface area contributed by atoms with Gasteiger partial charge in [-0.25, -0.2) is 4.98 Å². The summed E-state index contributed by atoms with van der Waals surface area (Å²) in [5.74, 6) is -4.54. The van der Waals surface area contributed by atoms with Crippen molar-refractivity contribution in [3.05, 3.63) is 23.9 Å². The second-order valence-corrected chi connectivity index (χ2v) is 4.90. The summed E-state index contributed by atoms with van der Waals surface area (Å²) < 4.78 is 37.7. The Hall–Kier alpha value is -2.45. The minimum Gasteiger partial charge on any atom is -0.310 e. The number of aromatic nitrogens is 1. The standard InChI is InChI=1S/C13H12F3N3O3/c1-6-9(12(22)19(2)11(6)21)10(20)18-8-5-3-4-7(17-8)13(14,15)16/h3-6,9H,1-2H3,(H,17,18,20). The van der Waals surface area contributed by atoms with Crippen molar-refractivity contribution in [3.63, 3.8) is 0 Å². The molecule has 2 heterocycles. The highest BCUT2D eigenvalue weighted by atomic mass is 19.4. The van der Waals surface area contributed by atoms with Crippen LogP contribution in [0.5, 0.6) is 0 Å². The molecule has 3 amide bonds. The third kappa shape index (κ3) is 2.78. The first-order chi connectivity index (χ1) is 10.1. The molecule has 1 saturated heterocycles. The average Bonchev–Trinajstić information content (AvgIpc) is 2.62. The molecule has 1 aliphatic rings. The molecule has 22 heavy (non-hydrogen) atoms. The first kappa shape index (κ1) is 15.9. The lowest BCUT2D eigenvalue weighted by Crippen LogP contribution is -2.33. The van der Waals surface area contributed by atoms with Crippen LogP contribution in [0.25, 0.3) is 0 Å². The zero-order valence-corrected chi connectivity index (χ0v) is 11.6. The van der Waals surface area contributed by atoms with Gasteiger partial charge in [0.2, 0.25) is 17.7 Å². The van der Waals surface area contributed by atoms with Gasteiger partial charge in [-0.1, -0.05) is 13.0 Å². The molecule has 1 N–H and O–H groups in total. The van der Waals surface area contributed by atoms with E-state index < -0.39 is 41.4 Å². The summed E-state index contributed by atoms with van der Waals surface area (Å²) >= 11 is 0. The number of carbonyl (C=O) groups excluding carboxylic acids is 3. The van der Waals surface area contributed by atoms with Crippen LogP contribution in [-0.4, -0.2) is 34.7 Å². The third-order valence-corrected chi connectivity index (χ3v) is 3.39. The van der Waals surface area contributed by atoms with Crippen molar-refractivity contribution in [2.45, 2.75) is 13.1 Å². The summed E-state index contributed by atoms with van der Waals surface area (Å²) in [6.07, 6.45) is -4.65. The molecular weight excluding hydrogens is 303 g/mol. The molecule has 0 aromatic carbocycles. The smallest absolute Gasteiger partial charge is 0.310 e. The van der Waals surface area contributed by atoms with Crippen LogP contribution in [0, 0.1) is 11.8 Å². The Morgan fingerprint density at radius 2 is 1.91 bits per heavy atom. The van der Waals surface area contributed by atoms with Crippen molar-refractivity contribution in [2.75, 3.05) is 12.4 Å². The van der Waals surface area contributed by atoms with Crippen LogP contribution >= 0.6 is 0 Å². The number of carbonyl (C=O) groups is 3. The molecule has 118 valence electrons. The fourth-order valence-corrected chi connectivity index (χ4v) is 2.18. The Kier molecular flexibility index (Phi) is 3.90. The highest BCUT2D eigenvalue weighted by molar-refractivity contribution is 6.17. The summed E-state index contributed by atoms with van der Waals surface area (Å²) in [7, 11) is 1.25. The molecule has 2 atom stereocenters. The predicted molar refractivity (Wildman–Crippen MR) is 68.3 cm³/mol. The van der Waals surface area contributed by atoms with Gasteiger partial charge in [0.05, 0.1) is 5.92 Å². The number of alkyl halides is 3. The van der Waals surface area contributed by atoms with E-state index >= 15 is 0 Å². The van der Waals surface area contributed by atoms with Crippen LogP contribution in [0.4, 0.5) is 19.0 Å². The van der Waals surface area contributed by atoms with E-state index in [1.807, 2.05) is 0 Å². The van der Waals surface area contributed by atoms with Gasteiger partial charge in [0.15, 0.2) is 0 Å². The number of likely N-dealkylation sites (tertiary alicyclic amines) is 1. The Bertz CT molecular complexity index is 645. The molecule has 1 aromatic rings. The van der Waals surface area contributed by atoms with E-state index in [9.17, 15) is 27.6 Å². The number of rotatable bonds is 2. The molecule has 1 aromatic heterocycles. The maximum Gasteiger partial charge on any atom is 0.433 e. The number of pyridine rings is 1. The van der Waals surface area contributed by atoms with E-state index in [1.54, 1.807) is 0 Å². The SMILES string of the molecule is CC1C(=O)N(C)C(=O)C1C(=O)Nc1cccc(C(F)(F)F)n1. The summed E-state index contributed by atoms with van der Waals surface area (Å²) in [5.41, 5.74) is -1.16. The van der Waals surface area contributed by atoms with Gasteiger partial charge in [-0.15, -0.1) is 0 Å². The molecule has 1 fully saturated rings. The minimum absolute atomic E-state index is 0.332. The van der Waals surface area contributed by atoms with E-state index in [1.165, 1.54) is 20.0 Å². The van der Waals surface area contributed by atoms with Gasteiger partial charge < -0.3 is 5.32 Å². The highest BCUT2D eigenvalue weighted by Crippen LogP contribution is 2.29. The molecule has 0 radical (unpaired) electrons. The molecule has 0 saturated carbocycles. The van der Waals surface area contributed by atoms with E-state index in [4.69, 9.17) is 0 Å². The van der Waals surface area contributed by atoms with E-state index in [2.05, 4.69) is 10.3 Å². The molecule has 6 nitrogen and oxygen atoms in total. The summed E-state index contributed by atoms with van der Waals surface area (Å²) in [6.45, 7) is 1.41. The molecule has 1 aliphatic heterocycles. The quantitative estimate of drug-likeness (QED) is 0.659. The fourth-order valence-electron chi connectivity index (χ4n) is 2.18. The molecular formula is C13H12F3N3O3. The first-order valence-corrected chi connectivity index (χ1v) is 6.29. The number of halogens is 3. The number of anilines is 1. The lowest BCUT2D eigenvalue weighted by Gasteiger charge is -2.12. The van der Waals surface area contributed by atoms with E-state index in [0.717, 1.165) is 17.0 Å². The number of nitrogens with zero attached hydrogens (tertiary/aromatic N) is 2. The second-order valence-electron chi connectivity index (χ2n) is 4.90. The highest BCUT2D eigenvalue weighted by Gasteiger charge is 2.47. The largest absolute Gasteiger partial charge is 0.433 e. The molecule has 0 spiro atoms. The van der Waals surface area contributed by atoms with Crippen LogP contribution in [0.1, 0.15) is 12.6 Å². The lowest BCUT2D eigenvalue weighted by atomic mass is 9.96. The topological polar surface area (TPSA) is 79.4 Å². The summed E-state index contributed by atoms with van der Waals surface area (Å²) in [4.78, 5) is 39.6. The number of imide groups is 1. The first-order valence-electron chi connectivity index (χ1n) is 6.29. The van der Waals surface area contributed by atoms with Crippen molar-refractivity contribution >= 4 is 23.5 Å². The summed E-state index contributed by atoms with van der Waals surface area (Å²) in [6, 6.07) is 3.02. The maximum absolute atomic E-state index is 12.6. The third-order valence-electron chi connectivity index (χ3n) is 3.39. The number of hydrogen-bond donors (Lipinski definition) is 1. The minimum atomic E-state index is -4.65. The maximum atomic E-state index is 12.6.